The van der Waals surface area contributed by atoms with Crippen molar-refractivity contribution in [2.24, 2.45) is 0 Å². The molecule has 0 aliphatic rings. The summed E-state index contributed by atoms with van der Waals surface area (Å²) in [7, 11) is 1.71. The lowest BCUT2D eigenvalue weighted by Gasteiger charge is -2.17. The van der Waals surface area contributed by atoms with Gasteiger partial charge in [-0.3, -0.25) is 0 Å². The summed E-state index contributed by atoms with van der Waals surface area (Å²) in [6.45, 7) is 4.37. The van der Waals surface area contributed by atoms with Crippen LogP contribution in [0.2, 0.25) is 0 Å². The molecule has 2 heteroatoms. The summed E-state index contributed by atoms with van der Waals surface area (Å²) in [6.07, 6.45) is 4.36. The molecule has 8 aromatic rings. The van der Waals surface area contributed by atoms with E-state index in [2.05, 4.69) is 182 Å². The average Bonchev–Trinajstić information content (AvgIpc) is 3.52. The van der Waals surface area contributed by atoms with Gasteiger partial charge in [0.25, 0.3) is 0 Å². The molecule has 8 rings (SSSR count). The second-order valence-electron chi connectivity index (χ2n) is 12.9. The highest BCUT2D eigenvalue weighted by molar-refractivity contribution is 6.10. The zero-order valence-corrected chi connectivity index (χ0v) is 28.7. The number of para-hydroxylation sites is 1. The van der Waals surface area contributed by atoms with E-state index in [0.29, 0.717) is 0 Å². The zero-order chi connectivity index (χ0) is 34.0. The predicted molar refractivity (Wildman–Crippen MR) is 212 cm³/mol. The highest BCUT2D eigenvalue weighted by Crippen LogP contribution is 2.39. The number of rotatable bonds is 8. The molecule has 1 heterocycles. The molecule has 0 fully saturated rings. The highest BCUT2D eigenvalue weighted by atomic mass is 16.5. The Bertz CT molecular complexity index is 2410. The van der Waals surface area contributed by atoms with Crippen LogP contribution in [0.15, 0.2) is 170 Å². The van der Waals surface area contributed by atoms with Gasteiger partial charge in [-0.25, -0.2) is 0 Å². The molecule has 0 bridgehead atoms. The number of hydrogen-bond donors (Lipinski definition) is 0. The zero-order valence-electron chi connectivity index (χ0n) is 28.7. The van der Waals surface area contributed by atoms with E-state index in [1.807, 2.05) is 12.1 Å². The summed E-state index contributed by atoms with van der Waals surface area (Å²) in [5.41, 5.74) is 14.6. The van der Waals surface area contributed by atoms with Crippen LogP contribution < -0.4 is 4.74 Å². The molecular formula is C48H39NO. The maximum Gasteiger partial charge on any atom is 0.118 e. The van der Waals surface area contributed by atoms with E-state index >= 15 is 0 Å². The Balaban J connectivity index is 1.26. The quantitative estimate of drug-likeness (QED) is 0.160. The molecule has 242 valence electrons. The van der Waals surface area contributed by atoms with Crippen LogP contribution in [0.1, 0.15) is 36.5 Å². The minimum atomic E-state index is 0.244. The van der Waals surface area contributed by atoms with Gasteiger partial charge in [0.05, 0.1) is 18.1 Å². The van der Waals surface area contributed by atoms with Crippen LogP contribution in [0.25, 0.3) is 66.9 Å². The second kappa shape index (κ2) is 13.4. The SMILES string of the molecule is C/C=C\c1cc(-c2ccc3c(c2)c2ccccc2n3-c2cc(-c3ccccc3)cc(-c3ccccc3)c2)ccc1C(C)c1ccc(OC)cc1. The van der Waals surface area contributed by atoms with Crippen molar-refractivity contribution in [3.05, 3.63) is 187 Å². The Labute approximate surface area is 294 Å². The largest absolute Gasteiger partial charge is 0.497 e. The van der Waals surface area contributed by atoms with Crippen molar-refractivity contribution >= 4 is 27.9 Å². The number of benzene rings is 7. The minimum absolute atomic E-state index is 0.244. The van der Waals surface area contributed by atoms with Gasteiger partial charge in [-0.1, -0.05) is 128 Å². The number of allylic oxidation sites excluding steroid dienone is 1. The minimum Gasteiger partial charge on any atom is -0.497 e. The van der Waals surface area contributed by atoms with Crippen LogP contribution in [-0.2, 0) is 0 Å². The van der Waals surface area contributed by atoms with E-state index in [9.17, 15) is 0 Å². The van der Waals surface area contributed by atoms with Crippen molar-refractivity contribution in [1.82, 2.24) is 4.57 Å². The molecule has 0 spiro atoms. The van der Waals surface area contributed by atoms with Crippen molar-refractivity contribution < 1.29 is 4.74 Å². The Hall–Kier alpha value is -6.12. The van der Waals surface area contributed by atoms with E-state index < -0.39 is 0 Å². The molecule has 0 aliphatic carbocycles. The molecule has 0 aliphatic heterocycles. The third kappa shape index (κ3) is 5.80. The van der Waals surface area contributed by atoms with Crippen molar-refractivity contribution in [1.29, 1.82) is 0 Å². The molecule has 2 nitrogen and oxygen atoms in total. The number of methoxy groups -OCH3 is 1. The van der Waals surface area contributed by atoms with Gasteiger partial charge in [0.2, 0.25) is 0 Å². The molecule has 0 saturated heterocycles. The topological polar surface area (TPSA) is 14.2 Å². The van der Waals surface area contributed by atoms with Gasteiger partial charge in [0, 0.05) is 22.4 Å². The molecule has 1 unspecified atom stereocenters. The maximum atomic E-state index is 5.40. The van der Waals surface area contributed by atoms with Crippen LogP contribution in [0, 0.1) is 0 Å². The third-order valence-electron chi connectivity index (χ3n) is 9.91. The lowest BCUT2D eigenvalue weighted by Crippen LogP contribution is -1.99. The molecule has 0 saturated carbocycles. The van der Waals surface area contributed by atoms with Crippen molar-refractivity contribution in [3.63, 3.8) is 0 Å². The normalized spacial score (nSPS) is 12.1. The van der Waals surface area contributed by atoms with E-state index in [0.717, 1.165) is 11.4 Å². The first kappa shape index (κ1) is 31.2. The summed E-state index contributed by atoms with van der Waals surface area (Å²) >= 11 is 0. The smallest absolute Gasteiger partial charge is 0.118 e. The molecule has 1 atom stereocenters. The number of ether oxygens (including phenoxy) is 1. The lowest BCUT2D eigenvalue weighted by molar-refractivity contribution is 0.414. The van der Waals surface area contributed by atoms with Crippen LogP contribution >= 0.6 is 0 Å². The van der Waals surface area contributed by atoms with Gasteiger partial charge in [-0.2, -0.15) is 0 Å². The van der Waals surface area contributed by atoms with Crippen molar-refractivity contribution in [2.45, 2.75) is 19.8 Å². The van der Waals surface area contributed by atoms with Crippen LogP contribution in [0.4, 0.5) is 0 Å². The second-order valence-corrected chi connectivity index (χ2v) is 12.9. The molecular weight excluding hydrogens is 607 g/mol. The number of hydrogen-bond acceptors (Lipinski definition) is 1. The van der Waals surface area contributed by atoms with Crippen LogP contribution in [-0.4, -0.2) is 11.7 Å². The van der Waals surface area contributed by atoms with Gasteiger partial charge in [0.15, 0.2) is 0 Å². The standard InChI is InChI=1S/C48H39NO/c1-4-13-39-28-37(22-26-44(39)33(2)34-20-24-43(50-3)25-21-34)38-23-27-48-46(32-38)45-18-11-12-19-47(45)49(48)42-30-40(35-14-7-5-8-15-35)29-41(31-42)36-16-9-6-10-17-36/h4-33H,1-3H3/b13-4-. The van der Waals surface area contributed by atoms with Gasteiger partial charge >= 0.3 is 0 Å². The summed E-state index contributed by atoms with van der Waals surface area (Å²) in [6, 6.07) is 59.4. The summed E-state index contributed by atoms with van der Waals surface area (Å²) < 4.78 is 7.83. The Kier molecular flexibility index (Phi) is 8.36. The van der Waals surface area contributed by atoms with Gasteiger partial charge in [-0.05, 0) is 112 Å². The fraction of sp³-hybridized carbons (Fsp3) is 0.0833. The Morgan fingerprint density at radius 3 is 1.78 bits per heavy atom. The highest BCUT2D eigenvalue weighted by Gasteiger charge is 2.17. The molecule has 0 amide bonds. The van der Waals surface area contributed by atoms with E-state index in [1.165, 1.54) is 71.9 Å². The first-order chi connectivity index (χ1) is 24.6. The Morgan fingerprint density at radius 1 is 0.520 bits per heavy atom. The van der Waals surface area contributed by atoms with Gasteiger partial charge in [0.1, 0.15) is 5.75 Å². The average molecular weight is 646 g/mol. The van der Waals surface area contributed by atoms with Crippen LogP contribution in [0.5, 0.6) is 5.75 Å². The fourth-order valence-electron chi connectivity index (χ4n) is 7.31. The number of nitrogens with zero attached hydrogens (tertiary/aromatic N) is 1. The lowest BCUT2D eigenvalue weighted by atomic mass is 9.87. The van der Waals surface area contributed by atoms with E-state index in [4.69, 9.17) is 4.74 Å². The summed E-state index contributed by atoms with van der Waals surface area (Å²) in [5, 5.41) is 2.49. The predicted octanol–water partition coefficient (Wildman–Crippen LogP) is 13.0. The third-order valence-corrected chi connectivity index (χ3v) is 9.91. The maximum absolute atomic E-state index is 5.40. The Morgan fingerprint density at radius 2 is 1.12 bits per heavy atom. The first-order valence-electron chi connectivity index (χ1n) is 17.3. The first-order valence-corrected chi connectivity index (χ1v) is 17.3. The van der Waals surface area contributed by atoms with E-state index in [1.54, 1.807) is 7.11 Å². The summed E-state index contributed by atoms with van der Waals surface area (Å²) in [4.78, 5) is 0. The van der Waals surface area contributed by atoms with E-state index in [-0.39, 0.29) is 5.92 Å². The molecule has 0 N–H and O–H groups in total. The van der Waals surface area contributed by atoms with Crippen molar-refractivity contribution in [3.8, 4) is 44.8 Å². The molecule has 7 aromatic carbocycles. The molecule has 50 heavy (non-hydrogen) atoms. The van der Waals surface area contributed by atoms with Gasteiger partial charge in [-0.15, -0.1) is 0 Å². The number of fused-ring (bicyclic) bond motifs is 3. The monoisotopic (exact) mass is 645 g/mol. The number of aromatic nitrogens is 1. The molecule has 0 radical (unpaired) electrons. The molecule has 1 aromatic heterocycles. The summed E-state index contributed by atoms with van der Waals surface area (Å²) in [5.74, 6) is 1.12. The van der Waals surface area contributed by atoms with Crippen LogP contribution in [0.3, 0.4) is 0 Å². The van der Waals surface area contributed by atoms with Gasteiger partial charge < -0.3 is 9.30 Å². The fourth-order valence-corrected chi connectivity index (χ4v) is 7.31. The van der Waals surface area contributed by atoms with Crippen molar-refractivity contribution in [2.75, 3.05) is 7.11 Å².